The van der Waals surface area contributed by atoms with Gasteiger partial charge in [-0.25, -0.2) is 8.78 Å². The highest BCUT2D eigenvalue weighted by atomic mass is 19.4. The summed E-state index contributed by atoms with van der Waals surface area (Å²) in [5.41, 5.74) is -0.209. The summed E-state index contributed by atoms with van der Waals surface area (Å²) in [5, 5.41) is 2.68. The maximum atomic E-state index is 13.4. The van der Waals surface area contributed by atoms with Crippen LogP contribution in [0.1, 0.15) is 31.2 Å². The standard InChI is InChI=1S/C14H16F5N/c15-11-5-3-6-12(16)9(11)8-20-13-7-2-1-4-10(13)14(17,18)19/h3,5-6,10,13,20H,1-2,4,7-8H2. The Morgan fingerprint density at radius 3 is 2.25 bits per heavy atom. The van der Waals surface area contributed by atoms with Crippen molar-refractivity contribution in [3.05, 3.63) is 35.4 Å². The number of nitrogens with one attached hydrogen (secondary N) is 1. The molecule has 1 nitrogen and oxygen atoms in total. The van der Waals surface area contributed by atoms with Crippen molar-refractivity contribution >= 4 is 0 Å². The smallest absolute Gasteiger partial charge is 0.309 e. The van der Waals surface area contributed by atoms with Gasteiger partial charge in [0.25, 0.3) is 0 Å². The summed E-state index contributed by atoms with van der Waals surface area (Å²) in [6.45, 7) is -0.226. The van der Waals surface area contributed by atoms with Crippen molar-refractivity contribution in [1.82, 2.24) is 5.32 Å². The Balaban J connectivity index is 2.05. The Hall–Kier alpha value is -1.17. The topological polar surface area (TPSA) is 12.0 Å². The van der Waals surface area contributed by atoms with Crippen LogP contribution in [0, 0.1) is 17.6 Å². The Kier molecular flexibility index (Phi) is 4.62. The van der Waals surface area contributed by atoms with Gasteiger partial charge in [0.1, 0.15) is 11.6 Å². The van der Waals surface area contributed by atoms with Crippen LogP contribution in [0.5, 0.6) is 0 Å². The molecule has 2 atom stereocenters. The van der Waals surface area contributed by atoms with E-state index in [2.05, 4.69) is 5.32 Å². The highest BCUT2D eigenvalue weighted by Gasteiger charge is 2.45. The molecule has 1 aromatic carbocycles. The number of halogens is 5. The first kappa shape index (κ1) is 15.2. The Morgan fingerprint density at radius 2 is 1.65 bits per heavy atom. The van der Waals surface area contributed by atoms with Crippen LogP contribution in [0.4, 0.5) is 22.0 Å². The lowest BCUT2D eigenvalue weighted by Gasteiger charge is -2.33. The summed E-state index contributed by atoms with van der Waals surface area (Å²) >= 11 is 0. The van der Waals surface area contributed by atoms with Crippen LogP contribution in [0.2, 0.25) is 0 Å². The van der Waals surface area contributed by atoms with Crippen molar-refractivity contribution in [3.63, 3.8) is 0 Å². The molecule has 0 amide bonds. The van der Waals surface area contributed by atoms with E-state index in [0.29, 0.717) is 19.3 Å². The maximum absolute atomic E-state index is 13.4. The minimum absolute atomic E-state index is 0.0704. The predicted octanol–water partition coefficient (Wildman–Crippen LogP) is 4.18. The van der Waals surface area contributed by atoms with Crippen molar-refractivity contribution in [2.75, 3.05) is 0 Å². The fourth-order valence-corrected chi connectivity index (χ4v) is 2.70. The molecule has 1 saturated carbocycles. The quantitative estimate of drug-likeness (QED) is 0.825. The van der Waals surface area contributed by atoms with Crippen LogP contribution in [-0.4, -0.2) is 12.2 Å². The van der Waals surface area contributed by atoms with E-state index in [4.69, 9.17) is 0 Å². The third-order valence-corrected chi connectivity index (χ3v) is 3.79. The molecule has 0 aliphatic heterocycles. The van der Waals surface area contributed by atoms with Gasteiger partial charge in [0.05, 0.1) is 5.92 Å². The van der Waals surface area contributed by atoms with Gasteiger partial charge in [-0.3, -0.25) is 0 Å². The minimum atomic E-state index is -4.27. The summed E-state index contributed by atoms with van der Waals surface area (Å²) in [7, 11) is 0. The molecule has 0 radical (unpaired) electrons. The van der Waals surface area contributed by atoms with E-state index >= 15 is 0 Å². The van der Waals surface area contributed by atoms with Crippen LogP contribution >= 0.6 is 0 Å². The molecule has 1 N–H and O–H groups in total. The lowest BCUT2D eigenvalue weighted by atomic mass is 9.84. The summed E-state index contributed by atoms with van der Waals surface area (Å²) < 4.78 is 65.5. The Morgan fingerprint density at radius 1 is 1.05 bits per heavy atom. The molecular weight excluding hydrogens is 277 g/mol. The molecule has 0 bridgehead atoms. The second-order valence-corrected chi connectivity index (χ2v) is 5.12. The number of benzene rings is 1. The van der Waals surface area contributed by atoms with Gasteiger partial charge in [-0.2, -0.15) is 13.2 Å². The van der Waals surface area contributed by atoms with Crippen molar-refractivity contribution in [1.29, 1.82) is 0 Å². The third kappa shape index (κ3) is 3.48. The normalized spacial score (nSPS) is 23.9. The third-order valence-electron chi connectivity index (χ3n) is 3.79. The fraction of sp³-hybridized carbons (Fsp3) is 0.571. The molecule has 1 aromatic rings. The summed E-state index contributed by atoms with van der Waals surface area (Å²) in [6.07, 6.45) is -2.59. The van der Waals surface area contributed by atoms with Crippen LogP contribution in [0.15, 0.2) is 18.2 Å². The molecule has 0 spiro atoms. The largest absolute Gasteiger partial charge is 0.393 e. The van der Waals surface area contributed by atoms with Gasteiger partial charge < -0.3 is 5.32 Å². The van der Waals surface area contributed by atoms with Gasteiger partial charge in [-0.15, -0.1) is 0 Å². The van der Waals surface area contributed by atoms with Gasteiger partial charge in [0, 0.05) is 18.2 Å². The van der Waals surface area contributed by atoms with Gasteiger partial charge >= 0.3 is 6.18 Å². The second kappa shape index (κ2) is 6.08. The first-order chi connectivity index (χ1) is 9.39. The number of hydrogen-bond donors (Lipinski definition) is 1. The molecule has 2 rings (SSSR count). The van der Waals surface area contributed by atoms with Gasteiger partial charge in [-0.05, 0) is 25.0 Å². The second-order valence-electron chi connectivity index (χ2n) is 5.12. The molecule has 1 fully saturated rings. The van der Waals surface area contributed by atoms with E-state index in [1.54, 1.807) is 0 Å². The molecule has 1 aliphatic carbocycles. The highest BCUT2D eigenvalue weighted by Crippen LogP contribution is 2.37. The molecule has 0 aromatic heterocycles. The van der Waals surface area contributed by atoms with E-state index in [0.717, 1.165) is 12.1 Å². The number of hydrogen-bond acceptors (Lipinski definition) is 1. The van der Waals surface area contributed by atoms with Crippen LogP contribution in [0.25, 0.3) is 0 Å². The van der Waals surface area contributed by atoms with E-state index < -0.39 is 29.8 Å². The monoisotopic (exact) mass is 293 g/mol. The van der Waals surface area contributed by atoms with Crippen LogP contribution < -0.4 is 5.32 Å². The lowest BCUT2D eigenvalue weighted by molar-refractivity contribution is -0.189. The predicted molar refractivity (Wildman–Crippen MR) is 65.0 cm³/mol. The van der Waals surface area contributed by atoms with Gasteiger partial charge in [0.15, 0.2) is 0 Å². The molecule has 6 heteroatoms. The molecule has 0 saturated heterocycles. The van der Waals surface area contributed by atoms with Gasteiger partial charge in [0.2, 0.25) is 0 Å². The van der Waals surface area contributed by atoms with Crippen LogP contribution in [0.3, 0.4) is 0 Å². The summed E-state index contributed by atoms with van der Waals surface area (Å²) in [4.78, 5) is 0. The zero-order chi connectivity index (χ0) is 14.8. The summed E-state index contributed by atoms with van der Waals surface area (Å²) in [5.74, 6) is -2.92. The molecular formula is C14H16F5N. The van der Waals surface area contributed by atoms with Crippen molar-refractivity contribution in [2.24, 2.45) is 5.92 Å². The maximum Gasteiger partial charge on any atom is 0.393 e. The van der Waals surface area contributed by atoms with E-state index in [9.17, 15) is 22.0 Å². The first-order valence-corrected chi connectivity index (χ1v) is 6.62. The minimum Gasteiger partial charge on any atom is -0.309 e. The number of alkyl halides is 3. The van der Waals surface area contributed by atoms with Crippen molar-refractivity contribution < 1.29 is 22.0 Å². The fourth-order valence-electron chi connectivity index (χ4n) is 2.70. The zero-order valence-electron chi connectivity index (χ0n) is 10.8. The highest BCUT2D eigenvalue weighted by molar-refractivity contribution is 5.19. The van der Waals surface area contributed by atoms with Crippen molar-refractivity contribution in [3.8, 4) is 0 Å². The Labute approximate surface area is 114 Å². The Bertz CT molecular complexity index is 437. The van der Waals surface area contributed by atoms with E-state index in [1.807, 2.05) is 0 Å². The molecule has 2 unspecified atom stereocenters. The van der Waals surface area contributed by atoms with Crippen LogP contribution in [-0.2, 0) is 6.54 Å². The average Bonchev–Trinajstić information content (AvgIpc) is 2.37. The number of rotatable bonds is 3. The molecule has 112 valence electrons. The zero-order valence-corrected chi connectivity index (χ0v) is 10.8. The van der Waals surface area contributed by atoms with E-state index in [-0.39, 0.29) is 18.5 Å². The molecule has 1 aliphatic rings. The molecule has 20 heavy (non-hydrogen) atoms. The van der Waals surface area contributed by atoms with E-state index in [1.165, 1.54) is 6.07 Å². The van der Waals surface area contributed by atoms with Crippen molar-refractivity contribution in [2.45, 2.75) is 44.4 Å². The summed E-state index contributed by atoms with van der Waals surface area (Å²) in [6, 6.07) is 2.65. The lowest BCUT2D eigenvalue weighted by Crippen LogP contribution is -2.45. The molecule has 0 heterocycles. The SMILES string of the molecule is Fc1cccc(F)c1CNC1CCCCC1C(F)(F)F. The van der Waals surface area contributed by atoms with Gasteiger partial charge in [-0.1, -0.05) is 18.9 Å². The first-order valence-electron chi connectivity index (χ1n) is 6.62. The average molecular weight is 293 g/mol.